The number of aryl methyl sites for hydroxylation is 1. The van der Waals surface area contributed by atoms with Crippen LogP contribution in [0.15, 0.2) is 135 Å². The van der Waals surface area contributed by atoms with Crippen molar-refractivity contribution in [2.75, 3.05) is 25.4 Å². The van der Waals surface area contributed by atoms with Crippen LogP contribution in [-0.4, -0.2) is 67.3 Å². The van der Waals surface area contributed by atoms with Crippen molar-refractivity contribution in [1.82, 2.24) is 4.98 Å². The Labute approximate surface area is 357 Å². The summed E-state index contributed by atoms with van der Waals surface area (Å²) >= 11 is 1.19. The number of rotatable bonds is 20. The third kappa shape index (κ3) is 12.1. The van der Waals surface area contributed by atoms with Crippen LogP contribution in [0.25, 0.3) is 10.2 Å². The molecular formula is C44H35N3O14S. The Kier molecular flexibility index (Phi) is 15.6. The van der Waals surface area contributed by atoms with Crippen LogP contribution in [0.4, 0.5) is 5.13 Å². The molecule has 0 atom stereocenters. The highest BCUT2D eigenvalue weighted by Gasteiger charge is 2.22. The highest BCUT2D eigenvalue weighted by atomic mass is 32.1. The summed E-state index contributed by atoms with van der Waals surface area (Å²) in [6.07, 6.45) is 5.12. The molecule has 18 heteroatoms. The van der Waals surface area contributed by atoms with Crippen LogP contribution in [0.1, 0.15) is 31.8 Å². The lowest BCUT2D eigenvalue weighted by atomic mass is 10.1. The van der Waals surface area contributed by atoms with E-state index >= 15 is 0 Å². The Morgan fingerprint density at radius 1 is 0.661 bits per heavy atom. The molecule has 4 aromatic carbocycles. The van der Waals surface area contributed by atoms with Crippen molar-refractivity contribution < 1.29 is 66.7 Å². The van der Waals surface area contributed by atoms with Crippen LogP contribution in [0.2, 0.25) is 0 Å². The van der Waals surface area contributed by atoms with Crippen LogP contribution >= 0.6 is 11.3 Å². The number of esters is 5. The monoisotopic (exact) mass is 861 g/mol. The third-order valence-electron chi connectivity index (χ3n) is 7.87. The lowest BCUT2D eigenvalue weighted by Crippen LogP contribution is -2.23. The number of thiazole rings is 1. The summed E-state index contributed by atoms with van der Waals surface area (Å²) in [6, 6.07) is 19.7. The molecule has 0 saturated carbocycles. The molecule has 5 aromatic rings. The van der Waals surface area contributed by atoms with Gasteiger partial charge in [0.15, 0.2) is 11.5 Å². The molecule has 5 rings (SSSR count). The number of anilines is 1. The van der Waals surface area contributed by atoms with Gasteiger partial charge in [0.25, 0.3) is 5.91 Å². The van der Waals surface area contributed by atoms with Crippen LogP contribution in [0.5, 0.6) is 28.7 Å². The highest BCUT2D eigenvalue weighted by Crippen LogP contribution is 2.33. The molecule has 316 valence electrons. The van der Waals surface area contributed by atoms with Gasteiger partial charge in [-0.05, 0) is 85.3 Å². The summed E-state index contributed by atoms with van der Waals surface area (Å²) in [6.45, 7) is 13.6. The van der Waals surface area contributed by atoms with Crippen LogP contribution < -0.4 is 28.7 Å². The normalized spacial score (nSPS) is 10.5. The second kappa shape index (κ2) is 21.6. The van der Waals surface area contributed by atoms with Crippen molar-refractivity contribution in [1.29, 1.82) is 0 Å². The van der Waals surface area contributed by atoms with E-state index < -0.39 is 49.3 Å². The van der Waals surface area contributed by atoms with Crippen LogP contribution in [0, 0.1) is 6.92 Å². The molecule has 0 N–H and O–H groups in total. The quantitative estimate of drug-likeness (QED) is 0.0150. The van der Waals surface area contributed by atoms with Gasteiger partial charge in [-0.1, -0.05) is 49.8 Å². The standard InChI is InChI=1S/C44H35N3O14S/c1-6-37(48)47(44-46-33-12-10-11-13-36(33)62-44)45-23-30-21-32(60-42(52)28-14-17-31(18-15-28)54-24-57-38(49)7-2)20-27(5)41(30)61-43(53)29-16-19-34(55-25-58-39(50)8-3)35(22-29)56-26-59-40(51)9-4/h6-23H,1-4,24-26H2,5H3/b45-23+. The number of hydrazone groups is 1. The average Bonchev–Trinajstić information content (AvgIpc) is 3.71. The lowest BCUT2D eigenvalue weighted by molar-refractivity contribution is -0.146. The van der Waals surface area contributed by atoms with Crippen molar-refractivity contribution in [2.45, 2.75) is 6.92 Å². The second-order valence-electron chi connectivity index (χ2n) is 12.0. The Morgan fingerprint density at radius 2 is 1.26 bits per heavy atom. The number of ether oxygens (including phenoxy) is 8. The molecule has 0 fully saturated rings. The first-order chi connectivity index (χ1) is 29.9. The second-order valence-corrected chi connectivity index (χ2v) is 13.0. The maximum absolute atomic E-state index is 13.8. The fraction of sp³-hybridized carbons (Fsp3) is 0.0909. The van der Waals surface area contributed by atoms with Gasteiger partial charge in [-0.2, -0.15) is 10.1 Å². The number of para-hydroxylation sites is 1. The van der Waals surface area contributed by atoms with Crippen molar-refractivity contribution in [3.05, 3.63) is 152 Å². The van der Waals surface area contributed by atoms with E-state index in [2.05, 4.69) is 36.4 Å². The molecule has 0 aliphatic carbocycles. The lowest BCUT2D eigenvalue weighted by Gasteiger charge is -2.16. The van der Waals surface area contributed by atoms with Gasteiger partial charge in [0.2, 0.25) is 25.5 Å². The van der Waals surface area contributed by atoms with E-state index in [1.165, 1.54) is 72.1 Å². The van der Waals surface area contributed by atoms with Crippen molar-refractivity contribution >= 4 is 68.7 Å². The van der Waals surface area contributed by atoms with E-state index in [0.29, 0.717) is 16.8 Å². The topological polar surface area (TPSA) is 205 Å². The van der Waals surface area contributed by atoms with Gasteiger partial charge in [-0.15, -0.1) is 0 Å². The summed E-state index contributed by atoms with van der Waals surface area (Å²) in [5.41, 5.74) is 1.05. The largest absolute Gasteiger partial charge is 0.457 e. The molecule has 0 radical (unpaired) electrons. The molecular weight excluding hydrogens is 827 g/mol. The zero-order valence-corrected chi connectivity index (χ0v) is 33.6. The van der Waals surface area contributed by atoms with Crippen molar-refractivity contribution in [3.8, 4) is 28.7 Å². The van der Waals surface area contributed by atoms with Gasteiger partial charge in [-0.3, -0.25) is 4.79 Å². The molecule has 17 nitrogen and oxygen atoms in total. The molecule has 1 aromatic heterocycles. The Hall–Kier alpha value is -8.38. The number of benzene rings is 4. The summed E-state index contributed by atoms with van der Waals surface area (Å²) in [4.78, 5) is 79.2. The molecule has 0 aliphatic rings. The predicted molar refractivity (Wildman–Crippen MR) is 224 cm³/mol. The van der Waals surface area contributed by atoms with Crippen molar-refractivity contribution in [3.63, 3.8) is 0 Å². The summed E-state index contributed by atoms with van der Waals surface area (Å²) in [5.74, 6) is -4.37. The molecule has 0 unspecified atom stereocenters. The maximum atomic E-state index is 13.8. The third-order valence-corrected chi connectivity index (χ3v) is 8.88. The first-order valence-electron chi connectivity index (χ1n) is 17.9. The SMILES string of the molecule is C=CC(=O)OCOc1ccc(C(=O)Oc2cc(C)c(OC(=O)c3ccc(OCOC(=O)C=C)c(OCOC(=O)C=C)c3)c(/C=N/N(C(=O)C=C)c3nc4ccccc4s3)c2)cc1. The van der Waals surface area contributed by atoms with Crippen LogP contribution in [0.3, 0.4) is 0 Å². The summed E-state index contributed by atoms with van der Waals surface area (Å²) < 4.78 is 43.3. The minimum atomic E-state index is -0.920. The molecule has 0 bridgehead atoms. The fourth-order valence-electron chi connectivity index (χ4n) is 4.93. The number of carbonyl (C=O) groups excluding carboxylic acids is 6. The Balaban J connectivity index is 1.47. The van der Waals surface area contributed by atoms with E-state index in [1.807, 2.05) is 12.1 Å². The van der Waals surface area contributed by atoms with E-state index in [1.54, 1.807) is 19.1 Å². The number of fused-ring (bicyclic) bond motifs is 1. The van der Waals surface area contributed by atoms with Gasteiger partial charge in [0.05, 0.1) is 27.6 Å². The van der Waals surface area contributed by atoms with Crippen molar-refractivity contribution in [2.24, 2.45) is 5.10 Å². The maximum Gasteiger partial charge on any atom is 0.343 e. The average molecular weight is 862 g/mol. The number of amides is 1. The summed E-state index contributed by atoms with van der Waals surface area (Å²) in [7, 11) is 0. The zero-order valence-electron chi connectivity index (χ0n) is 32.8. The van der Waals surface area contributed by atoms with Crippen LogP contribution in [-0.2, 0) is 33.4 Å². The number of aromatic nitrogens is 1. The zero-order chi connectivity index (χ0) is 44.6. The smallest absolute Gasteiger partial charge is 0.343 e. The van der Waals surface area contributed by atoms with E-state index in [4.69, 9.17) is 37.9 Å². The molecule has 0 spiro atoms. The number of hydrogen-bond donors (Lipinski definition) is 0. The molecule has 1 amide bonds. The van der Waals surface area contributed by atoms with Gasteiger partial charge >= 0.3 is 29.8 Å². The predicted octanol–water partition coefficient (Wildman–Crippen LogP) is 6.79. The first-order valence-corrected chi connectivity index (χ1v) is 18.7. The Bertz CT molecular complexity index is 2550. The molecule has 62 heavy (non-hydrogen) atoms. The fourth-order valence-corrected chi connectivity index (χ4v) is 5.85. The summed E-state index contributed by atoms with van der Waals surface area (Å²) in [5, 5.41) is 5.61. The number of hydrogen-bond acceptors (Lipinski definition) is 17. The van der Waals surface area contributed by atoms with E-state index in [-0.39, 0.29) is 51.6 Å². The first kappa shape index (κ1) is 44.7. The number of carbonyl (C=O) groups is 6. The molecule has 0 aliphatic heterocycles. The minimum absolute atomic E-state index is 0.00116. The van der Waals surface area contributed by atoms with Gasteiger partial charge in [0, 0.05) is 23.8 Å². The van der Waals surface area contributed by atoms with Gasteiger partial charge in [0.1, 0.15) is 17.2 Å². The van der Waals surface area contributed by atoms with E-state index in [0.717, 1.165) is 34.0 Å². The number of nitrogens with zero attached hydrogens (tertiary/aromatic N) is 3. The molecule has 1 heterocycles. The van der Waals surface area contributed by atoms with E-state index in [9.17, 15) is 28.8 Å². The Morgan fingerprint density at radius 3 is 1.89 bits per heavy atom. The highest BCUT2D eigenvalue weighted by molar-refractivity contribution is 7.22. The van der Waals surface area contributed by atoms with Gasteiger partial charge < -0.3 is 37.9 Å². The molecule has 0 saturated heterocycles. The van der Waals surface area contributed by atoms with Gasteiger partial charge in [-0.25, -0.2) is 29.0 Å². The minimum Gasteiger partial charge on any atom is -0.457 e.